The van der Waals surface area contributed by atoms with Crippen LogP contribution in [0.5, 0.6) is 5.75 Å². The van der Waals surface area contributed by atoms with Gasteiger partial charge in [0, 0.05) is 67.5 Å². The summed E-state index contributed by atoms with van der Waals surface area (Å²) >= 11 is 0. The van der Waals surface area contributed by atoms with Crippen LogP contribution in [0.2, 0.25) is 0 Å². The van der Waals surface area contributed by atoms with Gasteiger partial charge in [0.15, 0.2) is 5.82 Å². The van der Waals surface area contributed by atoms with Crippen LogP contribution in [0.15, 0.2) is 30.5 Å². The average Bonchev–Trinajstić information content (AvgIpc) is 3.47. The van der Waals surface area contributed by atoms with Gasteiger partial charge in [0.25, 0.3) is 5.91 Å². The molecule has 1 amide bonds. The molecule has 1 aliphatic carbocycles. The van der Waals surface area contributed by atoms with Crippen molar-refractivity contribution in [3.8, 4) is 17.1 Å². The highest BCUT2D eigenvalue weighted by Gasteiger charge is 2.45. The Bertz CT molecular complexity index is 1470. The molecular weight excluding hydrogens is 430 g/mol. The number of amides is 1. The predicted molar refractivity (Wildman–Crippen MR) is 131 cm³/mol. The van der Waals surface area contributed by atoms with E-state index in [-0.39, 0.29) is 17.2 Å². The Morgan fingerprint density at radius 3 is 2.82 bits per heavy atom. The van der Waals surface area contributed by atoms with Crippen molar-refractivity contribution in [1.29, 1.82) is 0 Å². The summed E-state index contributed by atoms with van der Waals surface area (Å²) in [5.41, 5.74) is 4.13. The zero-order chi connectivity index (χ0) is 23.6. The Morgan fingerprint density at radius 1 is 1.24 bits per heavy atom. The summed E-state index contributed by atoms with van der Waals surface area (Å²) in [7, 11) is 3.43. The van der Waals surface area contributed by atoms with Crippen LogP contribution in [0.25, 0.3) is 33.2 Å². The number of piperazine rings is 1. The molecule has 2 aromatic carbocycles. The van der Waals surface area contributed by atoms with Gasteiger partial charge in [-0.05, 0) is 44.0 Å². The number of nitrogens with one attached hydrogen (secondary N) is 2. The van der Waals surface area contributed by atoms with Crippen molar-refractivity contribution >= 4 is 33.4 Å². The molecule has 4 aromatic rings. The Labute approximate surface area is 196 Å². The first kappa shape index (κ1) is 20.9. The third-order valence-electron chi connectivity index (χ3n) is 7.08. The molecule has 9 nitrogen and oxygen atoms in total. The maximum atomic E-state index is 12.9. The van der Waals surface area contributed by atoms with Crippen LogP contribution in [0.1, 0.15) is 28.9 Å². The second-order valence-electron chi connectivity index (χ2n) is 9.44. The van der Waals surface area contributed by atoms with Gasteiger partial charge in [0.1, 0.15) is 11.4 Å². The molecule has 1 saturated heterocycles. The second-order valence-corrected chi connectivity index (χ2v) is 9.44. The quantitative estimate of drug-likeness (QED) is 0.434. The molecule has 2 aliphatic rings. The van der Waals surface area contributed by atoms with Gasteiger partial charge in [0.05, 0.1) is 16.6 Å². The molecule has 1 aliphatic heterocycles. The fraction of sp³-hybridized carbons (Fsp3) is 0.360. The van der Waals surface area contributed by atoms with E-state index in [1.807, 2.05) is 38.4 Å². The zero-order valence-corrected chi connectivity index (χ0v) is 19.5. The maximum absolute atomic E-state index is 12.9. The summed E-state index contributed by atoms with van der Waals surface area (Å²) < 4.78 is 1.71. The Morgan fingerprint density at radius 2 is 2.06 bits per heavy atom. The monoisotopic (exact) mass is 457 g/mol. The number of hydrogen-bond donors (Lipinski definition) is 3. The third-order valence-corrected chi connectivity index (χ3v) is 7.08. The summed E-state index contributed by atoms with van der Waals surface area (Å²) in [4.78, 5) is 24.6. The third kappa shape index (κ3) is 3.27. The van der Waals surface area contributed by atoms with Gasteiger partial charge in [-0.3, -0.25) is 9.48 Å². The van der Waals surface area contributed by atoms with Crippen molar-refractivity contribution in [2.45, 2.75) is 25.3 Å². The van der Waals surface area contributed by atoms with Crippen molar-refractivity contribution in [1.82, 2.24) is 30.4 Å². The number of carbonyl (C=O) groups excluding carboxylic acids is 1. The number of carbonyl (C=O) groups is 1. The molecule has 3 heterocycles. The van der Waals surface area contributed by atoms with Crippen LogP contribution < -0.4 is 15.5 Å². The molecule has 9 heteroatoms. The molecule has 0 radical (unpaired) electrons. The minimum absolute atomic E-state index is 0.0700. The Kier molecular flexibility index (Phi) is 4.54. The molecule has 3 N–H and O–H groups in total. The summed E-state index contributed by atoms with van der Waals surface area (Å²) in [6, 6.07) is 7.84. The van der Waals surface area contributed by atoms with Crippen LogP contribution in [0, 0.1) is 6.92 Å². The standard InChI is InChI=1S/C25H27N7O2/c1-14-20-15(12-31(3)30-20)10-18(22(14)33)23-28-19-5-4-16(11-17(19)21(29-23)24(34)26-2)32-9-8-27-25(13-32)6-7-25/h4-5,10-12,27,33H,6-9,13H2,1-3H3,(H,26,34). The van der Waals surface area contributed by atoms with E-state index < -0.39 is 0 Å². The van der Waals surface area contributed by atoms with E-state index in [4.69, 9.17) is 4.98 Å². The minimum atomic E-state index is -0.288. The van der Waals surface area contributed by atoms with Crippen molar-refractivity contribution in [3.63, 3.8) is 0 Å². The number of aryl methyl sites for hydroxylation is 2. The van der Waals surface area contributed by atoms with E-state index in [9.17, 15) is 9.90 Å². The van der Waals surface area contributed by atoms with Crippen LogP contribution in [0.4, 0.5) is 5.69 Å². The lowest BCUT2D eigenvalue weighted by molar-refractivity contribution is 0.0960. The van der Waals surface area contributed by atoms with Gasteiger partial charge >= 0.3 is 0 Å². The van der Waals surface area contributed by atoms with Gasteiger partial charge in [-0.1, -0.05) is 0 Å². The molecule has 6 rings (SSSR count). The van der Waals surface area contributed by atoms with Crippen LogP contribution in [-0.4, -0.2) is 63.0 Å². The van der Waals surface area contributed by atoms with Crippen LogP contribution in [-0.2, 0) is 7.05 Å². The molecule has 0 bridgehead atoms. The molecule has 0 unspecified atom stereocenters. The lowest BCUT2D eigenvalue weighted by Gasteiger charge is -2.35. The lowest BCUT2D eigenvalue weighted by atomic mass is 10.0. The van der Waals surface area contributed by atoms with Crippen molar-refractivity contribution < 1.29 is 9.90 Å². The van der Waals surface area contributed by atoms with E-state index in [2.05, 4.69) is 31.7 Å². The molecule has 1 saturated carbocycles. The summed E-state index contributed by atoms with van der Waals surface area (Å²) in [5, 5.41) is 23.3. The smallest absolute Gasteiger partial charge is 0.270 e. The summed E-state index contributed by atoms with van der Waals surface area (Å²) in [5.74, 6) is 0.0910. The fourth-order valence-electron chi connectivity index (χ4n) is 5.00. The SMILES string of the molecule is CNC(=O)c1nc(-c2cc3cn(C)nc3c(C)c2O)nc2ccc(N3CCNC4(CC4)C3)cc12. The van der Waals surface area contributed by atoms with Gasteiger partial charge in [-0.15, -0.1) is 0 Å². The summed E-state index contributed by atoms with van der Waals surface area (Å²) in [6.07, 6.45) is 4.30. The topological polar surface area (TPSA) is 108 Å². The first-order valence-electron chi connectivity index (χ1n) is 11.6. The van der Waals surface area contributed by atoms with E-state index in [1.54, 1.807) is 11.7 Å². The van der Waals surface area contributed by atoms with Gasteiger partial charge in [-0.25, -0.2) is 9.97 Å². The van der Waals surface area contributed by atoms with Crippen molar-refractivity contribution in [2.75, 3.05) is 31.6 Å². The van der Waals surface area contributed by atoms with Gasteiger partial charge < -0.3 is 20.6 Å². The molecule has 2 aromatic heterocycles. The number of hydrogen-bond acceptors (Lipinski definition) is 7. The molecule has 34 heavy (non-hydrogen) atoms. The highest BCUT2D eigenvalue weighted by atomic mass is 16.3. The van der Waals surface area contributed by atoms with Crippen molar-refractivity contribution in [3.05, 3.63) is 41.7 Å². The number of aromatic hydroxyl groups is 1. The average molecular weight is 458 g/mol. The highest BCUT2D eigenvalue weighted by Crippen LogP contribution is 2.40. The van der Waals surface area contributed by atoms with Crippen LogP contribution in [0.3, 0.4) is 0 Å². The number of rotatable bonds is 3. The molecule has 174 valence electrons. The largest absolute Gasteiger partial charge is 0.507 e. The number of phenolic OH excluding ortho intramolecular Hbond substituents is 1. The van der Waals surface area contributed by atoms with Crippen molar-refractivity contribution in [2.24, 2.45) is 7.05 Å². The molecule has 0 atom stereocenters. The normalized spacial score (nSPS) is 17.0. The molecule has 2 fully saturated rings. The number of nitrogens with zero attached hydrogens (tertiary/aromatic N) is 5. The number of aromatic nitrogens is 4. The first-order valence-corrected chi connectivity index (χ1v) is 11.6. The van der Waals surface area contributed by atoms with E-state index >= 15 is 0 Å². The second kappa shape index (κ2) is 7.39. The maximum Gasteiger partial charge on any atom is 0.270 e. The van der Waals surface area contributed by atoms with Crippen LogP contribution >= 0.6 is 0 Å². The summed E-state index contributed by atoms with van der Waals surface area (Å²) in [6.45, 7) is 4.65. The molecular formula is C25H27N7O2. The van der Waals surface area contributed by atoms with E-state index in [0.29, 0.717) is 33.5 Å². The Hall–Kier alpha value is -3.72. The van der Waals surface area contributed by atoms with Gasteiger partial charge in [0.2, 0.25) is 0 Å². The number of benzene rings is 2. The lowest BCUT2D eigenvalue weighted by Crippen LogP contribution is -2.52. The highest BCUT2D eigenvalue weighted by molar-refractivity contribution is 6.06. The van der Waals surface area contributed by atoms with Gasteiger partial charge in [-0.2, -0.15) is 5.10 Å². The number of fused-ring (bicyclic) bond motifs is 2. The number of phenols is 1. The zero-order valence-electron chi connectivity index (χ0n) is 19.5. The first-order chi connectivity index (χ1) is 16.4. The van der Waals surface area contributed by atoms with E-state index in [0.717, 1.165) is 36.2 Å². The predicted octanol–water partition coefficient (Wildman–Crippen LogP) is 2.50. The number of anilines is 1. The Balaban J connectivity index is 1.50. The minimum Gasteiger partial charge on any atom is -0.507 e. The molecule has 1 spiro atoms. The fourth-order valence-corrected chi connectivity index (χ4v) is 5.00. The van der Waals surface area contributed by atoms with E-state index in [1.165, 1.54) is 12.8 Å².